The summed E-state index contributed by atoms with van der Waals surface area (Å²) in [6.07, 6.45) is -3.74. The minimum absolute atomic E-state index is 0.335. The van der Waals surface area contributed by atoms with Crippen molar-refractivity contribution in [1.82, 2.24) is 4.98 Å². The third-order valence-corrected chi connectivity index (χ3v) is 5.63. The highest BCUT2D eigenvalue weighted by molar-refractivity contribution is 5.20. The molecule has 0 radical (unpaired) electrons. The van der Waals surface area contributed by atoms with Crippen LogP contribution in [0.3, 0.4) is 0 Å². The molecule has 0 bridgehead atoms. The average Bonchev–Trinajstić information content (AvgIpc) is 2.83. The number of aliphatic hydroxyl groups is 1. The largest absolute Gasteiger partial charge is 0.384 e. The zero-order chi connectivity index (χ0) is 21.2. The lowest BCUT2D eigenvalue weighted by Crippen LogP contribution is -2.56. The lowest BCUT2D eigenvalue weighted by Gasteiger charge is -2.47. The van der Waals surface area contributed by atoms with Crippen LogP contribution in [0.15, 0.2) is 78.9 Å². The van der Waals surface area contributed by atoms with E-state index in [1.807, 2.05) is 79.7 Å². The Bertz CT molecular complexity index is 999. The summed E-state index contributed by atoms with van der Waals surface area (Å²) in [4.78, 5) is 4.50. The van der Waals surface area contributed by atoms with E-state index >= 15 is 0 Å². The van der Waals surface area contributed by atoms with Crippen molar-refractivity contribution in [2.24, 2.45) is 0 Å². The highest BCUT2D eigenvalue weighted by atomic mass is 16.8. The van der Waals surface area contributed by atoms with E-state index in [0.717, 1.165) is 16.8 Å². The molecular formula is C25H25NO5. The van der Waals surface area contributed by atoms with Crippen molar-refractivity contribution in [3.63, 3.8) is 0 Å². The Labute approximate surface area is 181 Å². The maximum Gasteiger partial charge on any atom is 0.184 e. The van der Waals surface area contributed by atoms with Gasteiger partial charge in [-0.25, -0.2) is 0 Å². The van der Waals surface area contributed by atoms with Crippen molar-refractivity contribution >= 4 is 0 Å². The summed E-state index contributed by atoms with van der Waals surface area (Å²) in [6.45, 7) is 2.23. The molecule has 2 unspecified atom stereocenters. The summed E-state index contributed by atoms with van der Waals surface area (Å²) >= 11 is 0. The highest BCUT2D eigenvalue weighted by Crippen LogP contribution is 2.41. The summed E-state index contributed by atoms with van der Waals surface area (Å²) in [5.41, 5.74) is 3.16. The van der Waals surface area contributed by atoms with Gasteiger partial charge in [0.1, 0.15) is 24.4 Å². The number of nitrogens with zero attached hydrogens (tertiary/aromatic N) is 1. The molecule has 0 amide bonds. The van der Waals surface area contributed by atoms with Crippen LogP contribution < -0.4 is 0 Å². The van der Waals surface area contributed by atoms with E-state index in [-0.39, 0.29) is 6.10 Å². The highest BCUT2D eigenvalue weighted by Gasteiger charge is 2.48. The summed E-state index contributed by atoms with van der Waals surface area (Å²) in [7, 11) is 0. The number of aryl methyl sites for hydroxylation is 1. The number of hydrogen-bond acceptors (Lipinski definition) is 6. The fourth-order valence-corrected chi connectivity index (χ4v) is 4.07. The van der Waals surface area contributed by atoms with Crippen LogP contribution in [0, 0.1) is 6.92 Å². The molecule has 160 valence electrons. The second-order valence-electron chi connectivity index (χ2n) is 7.84. The maximum absolute atomic E-state index is 11.3. The maximum atomic E-state index is 11.3. The number of hydrogen-bond donors (Lipinski definition) is 1. The van der Waals surface area contributed by atoms with E-state index < -0.39 is 30.9 Å². The second-order valence-corrected chi connectivity index (χ2v) is 7.84. The molecule has 2 aliphatic heterocycles. The summed E-state index contributed by atoms with van der Waals surface area (Å²) in [5, 5.41) is 11.3. The molecule has 3 aromatic rings. The first kappa shape index (κ1) is 20.3. The quantitative estimate of drug-likeness (QED) is 0.689. The SMILES string of the molecule is Cc1cccc([C@H](O)[C@@H]2OC(c3ccccc3)O[C@@H]3COC(c4ccccc4)O[C@@H]23)n1. The number of fused-ring (bicyclic) bond motifs is 1. The molecule has 5 rings (SSSR count). The molecule has 3 heterocycles. The van der Waals surface area contributed by atoms with E-state index in [1.165, 1.54) is 0 Å². The minimum atomic E-state index is -0.975. The van der Waals surface area contributed by atoms with Gasteiger partial charge in [0.05, 0.1) is 12.3 Å². The van der Waals surface area contributed by atoms with Gasteiger partial charge >= 0.3 is 0 Å². The molecule has 1 aromatic heterocycles. The van der Waals surface area contributed by atoms with Crippen LogP contribution in [0.1, 0.15) is 41.2 Å². The number of rotatable bonds is 4. The topological polar surface area (TPSA) is 70.0 Å². The van der Waals surface area contributed by atoms with Crippen molar-refractivity contribution in [2.45, 2.75) is 43.9 Å². The Hall–Kier alpha value is -2.61. The van der Waals surface area contributed by atoms with Crippen molar-refractivity contribution < 1.29 is 24.1 Å². The molecule has 6 nitrogen and oxygen atoms in total. The Kier molecular flexibility index (Phi) is 5.80. The van der Waals surface area contributed by atoms with Crippen molar-refractivity contribution in [2.75, 3.05) is 6.61 Å². The third-order valence-electron chi connectivity index (χ3n) is 5.63. The molecule has 1 N–H and O–H groups in total. The van der Waals surface area contributed by atoms with Crippen LogP contribution in [-0.4, -0.2) is 35.0 Å². The van der Waals surface area contributed by atoms with E-state index in [2.05, 4.69) is 4.98 Å². The Morgan fingerprint density at radius 3 is 2.16 bits per heavy atom. The van der Waals surface area contributed by atoms with Gasteiger partial charge in [0.25, 0.3) is 0 Å². The summed E-state index contributed by atoms with van der Waals surface area (Å²) in [6, 6.07) is 25.0. The summed E-state index contributed by atoms with van der Waals surface area (Å²) < 4.78 is 24.7. The van der Waals surface area contributed by atoms with Crippen molar-refractivity contribution in [3.05, 3.63) is 101 Å². The number of pyridine rings is 1. The second kappa shape index (κ2) is 8.86. The molecule has 2 saturated heterocycles. The first-order valence-corrected chi connectivity index (χ1v) is 10.5. The number of ether oxygens (including phenoxy) is 4. The van der Waals surface area contributed by atoms with Crippen molar-refractivity contribution in [3.8, 4) is 0 Å². The normalized spacial score (nSPS) is 29.2. The summed E-state index contributed by atoms with van der Waals surface area (Å²) in [5.74, 6) is 0. The van der Waals surface area contributed by atoms with Crippen LogP contribution in [-0.2, 0) is 18.9 Å². The molecule has 2 fully saturated rings. The zero-order valence-corrected chi connectivity index (χ0v) is 17.2. The molecule has 6 atom stereocenters. The fraction of sp³-hybridized carbons (Fsp3) is 0.320. The molecule has 0 spiro atoms. The lowest BCUT2D eigenvalue weighted by molar-refractivity contribution is -0.373. The zero-order valence-electron chi connectivity index (χ0n) is 17.2. The van der Waals surface area contributed by atoms with Crippen molar-refractivity contribution in [1.29, 1.82) is 0 Å². The number of benzene rings is 2. The predicted octanol–water partition coefficient (Wildman–Crippen LogP) is 4.02. The van der Waals surface area contributed by atoms with Gasteiger partial charge in [-0.2, -0.15) is 0 Å². The lowest BCUT2D eigenvalue weighted by atomic mass is 9.97. The van der Waals surface area contributed by atoms with Gasteiger partial charge in [0, 0.05) is 16.8 Å². The monoisotopic (exact) mass is 419 g/mol. The molecule has 2 aromatic carbocycles. The molecule has 0 saturated carbocycles. The van der Waals surface area contributed by atoms with E-state index in [4.69, 9.17) is 18.9 Å². The van der Waals surface area contributed by atoms with Gasteiger partial charge in [0.2, 0.25) is 0 Å². The Morgan fingerprint density at radius 2 is 1.48 bits per heavy atom. The molecular weight excluding hydrogens is 394 g/mol. The van der Waals surface area contributed by atoms with Gasteiger partial charge in [-0.3, -0.25) is 4.98 Å². The standard InChI is InChI=1S/C25H25NO5/c1-16-9-8-14-19(26-16)21(27)23-22-20(29-25(31-23)18-12-6-3-7-13-18)15-28-24(30-22)17-10-4-2-5-11-17/h2-14,20-25,27H,15H2,1H3/t20-,21+,22-,23+,24?,25?/m1/s1. The van der Waals surface area contributed by atoms with E-state index in [0.29, 0.717) is 12.3 Å². The van der Waals surface area contributed by atoms with Crippen LogP contribution in [0.25, 0.3) is 0 Å². The first-order chi connectivity index (χ1) is 15.2. The third kappa shape index (κ3) is 4.26. The molecule has 6 heteroatoms. The van der Waals surface area contributed by atoms with Gasteiger partial charge in [-0.15, -0.1) is 0 Å². The first-order valence-electron chi connectivity index (χ1n) is 10.5. The van der Waals surface area contributed by atoms with Crippen LogP contribution in [0.5, 0.6) is 0 Å². The van der Waals surface area contributed by atoms with Gasteiger partial charge < -0.3 is 24.1 Å². The van der Waals surface area contributed by atoms with Gasteiger partial charge in [-0.05, 0) is 19.1 Å². The van der Waals surface area contributed by atoms with E-state index in [1.54, 1.807) is 6.07 Å². The van der Waals surface area contributed by atoms with Gasteiger partial charge in [0.15, 0.2) is 12.6 Å². The van der Waals surface area contributed by atoms with Crippen LogP contribution >= 0.6 is 0 Å². The average molecular weight is 419 g/mol. The minimum Gasteiger partial charge on any atom is -0.384 e. The number of aromatic nitrogens is 1. The molecule has 31 heavy (non-hydrogen) atoms. The van der Waals surface area contributed by atoms with Crippen LogP contribution in [0.2, 0.25) is 0 Å². The van der Waals surface area contributed by atoms with Crippen LogP contribution in [0.4, 0.5) is 0 Å². The Morgan fingerprint density at radius 1 is 0.806 bits per heavy atom. The van der Waals surface area contributed by atoms with E-state index in [9.17, 15) is 5.11 Å². The molecule has 2 aliphatic rings. The van der Waals surface area contributed by atoms with Gasteiger partial charge in [-0.1, -0.05) is 66.7 Å². The number of aliphatic hydroxyl groups excluding tert-OH is 1. The Balaban J connectivity index is 1.45. The fourth-order valence-electron chi connectivity index (χ4n) is 4.07. The molecule has 0 aliphatic carbocycles. The smallest absolute Gasteiger partial charge is 0.184 e. The predicted molar refractivity (Wildman–Crippen MR) is 113 cm³/mol.